The summed E-state index contributed by atoms with van der Waals surface area (Å²) < 4.78 is 0. The van der Waals surface area contributed by atoms with Crippen LogP contribution < -0.4 is 14.7 Å². The van der Waals surface area contributed by atoms with Crippen LogP contribution in [0.2, 0.25) is 0 Å². The molecule has 41 heavy (non-hydrogen) atoms. The highest BCUT2D eigenvalue weighted by Gasteiger charge is 2.20. The van der Waals surface area contributed by atoms with Crippen molar-refractivity contribution in [3.63, 3.8) is 0 Å². The highest BCUT2D eigenvalue weighted by atomic mass is 32.2. The van der Waals surface area contributed by atoms with Crippen LogP contribution in [-0.2, 0) is 0 Å². The number of hydrogen-bond acceptors (Lipinski definition) is 12. The van der Waals surface area contributed by atoms with E-state index in [1.165, 1.54) is 37.2 Å². The van der Waals surface area contributed by atoms with Gasteiger partial charge in [-0.2, -0.15) is 85.5 Å². The number of thioether (sulfide) groups is 6. The van der Waals surface area contributed by atoms with Crippen LogP contribution in [0, 0.1) is 0 Å². The molecule has 0 N–H and O–H groups in total. The topological polar surface area (TPSA) is 48.4 Å². The molecule has 0 atom stereocenters. The van der Waals surface area contributed by atoms with Gasteiger partial charge in [-0.25, -0.2) is 0 Å². The zero-order valence-electron chi connectivity index (χ0n) is 26.8. The van der Waals surface area contributed by atoms with E-state index in [2.05, 4.69) is 52.2 Å². The summed E-state index contributed by atoms with van der Waals surface area (Å²) in [7, 11) is 0. The second-order valence-corrected chi connectivity index (χ2v) is 15.9. The third kappa shape index (κ3) is 18.8. The standard InChI is InChI=1S/C29H58N6S6/c1-36-21-9-7-15-33(16-8-10-22-37-2)27-30-28(34(17-11-23-38-3)18-12-24-39-4)32-29(31-27)35(19-13-25-40-5)20-14-26-41-6/h7-26H2,1-6H3. The Bertz CT molecular complexity index is 661. The van der Waals surface area contributed by atoms with Crippen LogP contribution in [-0.4, -0.2) is 126 Å². The highest BCUT2D eigenvalue weighted by molar-refractivity contribution is 7.99. The Hall–Kier alpha value is 0.510. The molecule has 0 bridgehead atoms. The summed E-state index contributed by atoms with van der Waals surface area (Å²) in [6.45, 7) is 6.02. The van der Waals surface area contributed by atoms with Crippen molar-refractivity contribution in [3.05, 3.63) is 0 Å². The Morgan fingerprint density at radius 2 is 0.561 bits per heavy atom. The van der Waals surface area contributed by atoms with Gasteiger partial charge in [0.25, 0.3) is 0 Å². The summed E-state index contributed by atoms with van der Waals surface area (Å²) in [6.07, 6.45) is 22.6. The van der Waals surface area contributed by atoms with Gasteiger partial charge in [0.2, 0.25) is 17.8 Å². The molecule has 0 spiro atoms. The lowest BCUT2D eigenvalue weighted by atomic mass is 10.2. The minimum atomic E-state index is 0.880. The Kier molecular flexibility index (Phi) is 27.0. The van der Waals surface area contributed by atoms with Gasteiger partial charge >= 0.3 is 0 Å². The average molecular weight is 683 g/mol. The van der Waals surface area contributed by atoms with Crippen molar-refractivity contribution < 1.29 is 0 Å². The molecule has 1 aromatic rings. The predicted octanol–water partition coefficient (Wildman–Crippen LogP) is 7.59. The van der Waals surface area contributed by atoms with Crippen molar-refractivity contribution in [2.45, 2.75) is 51.4 Å². The van der Waals surface area contributed by atoms with Crippen LogP contribution >= 0.6 is 70.6 Å². The molecule has 240 valence electrons. The van der Waals surface area contributed by atoms with Crippen LogP contribution in [0.4, 0.5) is 17.8 Å². The van der Waals surface area contributed by atoms with Gasteiger partial charge in [0, 0.05) is 39.3 Å². The van der Waals surface area contributed by atoms with Crippen molar-refractivity contribution in [3.8, 4) is 0 Å². The fourth-order valence-electron chi connectivity index (χ4n) is 4.40. The molecular formula is C29H58N6S6. The predicted molar refractivity (Wildman–Crippen MR) is 204 cm³/mol. The zero-order valence-corrected chi connectivity index (χ0v) is 31.7. The Morgan fingerprint density at radius 1 is 0.341 bits per heavy atom. The molecule has 0 amide bonds. The van der Waals surface area contributed by atoms with Crippen LogP contribution in [0.15, 0.2) is 0 Å². The molecule has 1 aromatic heterocycles. The lowest BCUT2D eigenvalue weighted by Gasteiger charge is -2.29. The van der Waals surface area contributed by atoms with Gasteiger partial charge in [0.05, 0.1) is 0 Å². The number of hydrogen-bond donors (Lipinski definition) is 0. The number of unbranched alkanes of at least 4 members (excludes halogenated alkanes) is 2. The molecule has 0 aliphatic heterocycles. The monoisotopic (exact) mass is 682 g/mol. The number of rotatable bonds is 29. The summed E-state index contributed by atoms with van der Waals surface area (Å²) in [4.78, 5) is 23.1. The number of anilines is 3. The first kappa shape index (κ1) is 39.5. The van der Waals surface area contributed by atoms with E-state index in [0.29, 0.717) is 0 Å². The van der Waals surface area contributed by atoms with Crippen molar-refractivity contribution in [2.75, 3.05) is 126 Å². The lowest BCUT2D eigenvalue weighted by molar-refractivity contribution is 0.652. The summed E-state index contributed by atoms with van der Waals surface area (Å²) in [6, 6.07) is 0. The van der Waals surface area contributed by atoms with Crippen molar-refractivity contribution in [1.82, 2.24) is 15.0 Å². The van der Waals surface area contributed by atoms with Gasteiger partial charge in [0.15, 0.2) is 0 Å². The summed E-state index contributed by atoms with van der Waals surface area (Å²) in [5, 5.41) is 0. The maximum absolute atomic E-state index is 5.24. The average Bonchev–Trinajstić information content (AvgIpc) is 2.98. The van der Waals surface area contributed by atoms with E-state index in [9.17, 15) is 0 Å². The van der Waals surface area contributed by atoms with Crippen LogP contribution in [0.3, 0.4) is 0 Å². The number of aromatic nitrogens is 3. The molecular weight excluding hydrogens is 625 g/mol. The van der Waals surface area contributed by atoms with E-state index in [4.69, 9.17) is 15.0 Å². The van der Waals surface area contributed by atoms with Gasteiger partial charge < -0.3 is 14.7 Å². The van der Waals surface area contributed by atoms with Gasteiger partial charge in [-0.1, -0.05) is 0 Å². The smallest absolute Gasteiger partial charge is 0.231 e. The molecule has 12 heteroatoms. The molecule has 0 aliphatic carbocycles. The first-order valence-corrected chi connectivity index (χ1v) is 23.5. The Balaban J connectivity index is 3.47. The van der Waals surface area contributed by atoms with Gasteiger partial charge in [-0.05, 0) is 123 Å². The maximum Gasteiger partial charge on any atom is 0.231 e. The maximum atomic E-state index is 5.24. The number of nitrogens with zero attached hydrogens (tertiary/aromatic N) is 6. The highest BCUT2D eigenvalue weighted by Crippen LogP contribution is 2.23. The molecule has 0 radical (unpaired) electrons. The van der Waals surface area contributed by atoms with E-state index in [-0.39, 0.29) is 0 Å². The Labute approximate surface area is 279 Å². The quantitative estimate of drug-likeness (QED) is 0.0783. The molecule has 0 saturated carbocycles. The molecule has 0 saturated heterocycles. The van der Waals surface area contributed by atoms with Crippen LogP contribution in [0.25, 0.3) is 0 Å². The van der Waals surface area contributed by atoms with E-state index in [0.717, 1.165) is 106 Å². The Morgan fingerprint density at radius 3 is 0.805 bits per heavy atom. The molecule has 0 aromatic carbocycles. The van der Waals surface area contributed by atoms with Crippen molar-refractivity contribution in [2.24, 2.45) is 0 Å². The molecule has 6 nitrogen and oxygen atoms in total. The van der Waals surface area contributed by atoms with Crippen molar-refractivity contribution >= 4 is 88.4 Å². The third-order valence-electron chi connectivity index (χ3n) is 6.61. The first-order chi connectivity index (χ1) is 20.1. The molecule has 1 heterocycles. The molecule has 0 unspecified atom stereocenters. The van der Waals surface area contributed by atoms with Crippen LogP contribution in [0.1, 0.15) is 51.4 Å². The fraction of sp³-hybridized carbons (Fsp3) is 0.897. The normalized spacial score (nSPS) is 11.3. The summed E-state index contributed by atoms with van der Waals surface area (Å²) in [5.74, 6) is 9.73. The van der Waals surface area contributed by atoms with Gasteiger partial charge in [0.1, 0.15) is 0 Å². The van der Waals surface area contributed by atoms with E-state index in [1.807, 2.05) is 70.6 Å². The van der Waals surface area contributed by atoms with E-state index in [1.54, 1.807) is 0 Å². The SMILES string of the molecule is CSCCCCN(CCCCSC)c1nc(N(CCCSC)CCCSC)nc(N(CCCSC)CCCSC)n1. The summed E-state index contributed by atoms with van der Waals surface area (Å²) in [5.41, 5.74) is 0. The zero-order chi connectivity index (χ0) is 30.0. The lowest BCUT2D eigenvalue weighted by Crippen LogP contribution is -2.35. The van der Waals surface area contributed by atoms with E-state index < -0.39 is 0 Å². The van der Waals surface area contributed by atoms with Crippen molar-refractivity contribution in [1.29, 1.82) is 0 Å². The fourth-order valence-corrected chi connectivity index (χ4v) is 7.06. The third-order valence-corrected chi connectivity index (χ3v) is 10.8. The molecule has 1 rings (SSSR count). The first-order valence-electron chi connectivity index (χ1n) is 15.1. The van der Waals surface area contributed by atoms with Gasteiger partial charge in [-0.3, -0.25) is 0 Å². The second kappa shape index (κ2) is 28.0. The molecule has 0 fully saturated rings. The minimum Gasteiger partial charge on any atom is -0.341 e. The largest absolute Gasteiger partial charge is 0.341 e. The second-order valence-electron chi connectivity index (χ2n) is 9.98. The molecule has 0 aliphatic rings. The van der Waals surface area contributed by atoms with E-state index >= 15 is 0 Å². The van der Waals surface area contributed by atoms with Gasteiger partial charge in [-0.15, -0.1) is 0 Å². The van der Waals surface area contributed by atoms with Crippen LogP contribution in [0.5, 0.6) is 0 Å². The summed E-state index contributed by atoms with van der Waals surface area (Å²) >= 11 is 11.6. The minimum absolute atomic E-state index is 0.880.